The highest BCUT2D eigenvalue weighted by atomic mass is 79.9. The van der Waals surface area contributed by atoms with Crippen LogP contribution in [0.2, 0.25) is 0 Å². The third-order valence-corrected chi connectivity index (χ3v) is 7.45. The average Bonchev–Trinajstić information content (AvgIpc) is 3.21. The van der Waals surface area contributed by atoms with Gasteiger partial charge in [-0.2, -0.15) is 0 Å². The summed E-state index contributed by atoms with van der Waals surface area (Å²) in [6.07, 6.45) is 3.46. The van der Waals surface area contributed by atoms with Crippen LogP contribution in [0.25, 0.3) is 6.08 Å². The van der Waals surface area contributed by atoms with Crippen LogP contribution < -0.4 is 29.1 Å². The second-order valence-corrected chi connectivity index (χ2v) is 10.1. The zero-order valence-corrected chi connectivity index (χ0v) is 23.9. The lowest BCUT2D eigenvalue weighted by Crippen LogP contribution is -2.39. The SMILES string of the molecule is C=CCOc1ccc(/C=c2/sc3n(c2=O)[C@H](c2ccc(OC)c(OC)c2)C(C(=O)OCC)=C(C)N=3)cc1Br. The molecule has 1 aromatic heterocycles. The fourth-order valence-electron chi connectivity index (χ4n) is 4.15. The van der Waals surface area contributed by atoms with E-state index in [4.69, 9.17) is 18.9 Å². The Morgan fingerprint density at radius 3 is 2.55 bits per heavy atom. The molecule has 2 aromatic carbocycles. The summed E-state index contributed by atoms with van der Waals surface area (Å²) in [5.41, 5.74) is 1.98. The number of thiazole rings is 1. The minimum absolute atomic E-state index is 0.195. The number of carbonyl (C=O) groups excluding carboxylic acids is 1. The number of carbonyl (C=O) groups is 1. The molecule has 0 radical (unpaired) electrons. The second-order valence-electron chi connectivity index (χ2n) is 8.21. The third kappa shape index (κ3) is 5.32. The largest absolute Gasteiger partial charge is 0.493 e. The van der Waals surface area contributed by atoms with Crippen molar-refractivity contribution in [3.05, 3.63) is 95.6 Å². The smallest absolute Gasteiger partial charge is 0.338 e. The molecule has 0 spiro atoms. The van der Waals surface area contributed by atoms with Crippen LogP contribution in [0.4, 0.5) is 0 Å². The van der Waals surface area contributed by atoms with Gasteiger partial charge >= 0.3 is 5.97 Å². The maximum atomic E-state index is 13.8. The molecule has 0 saturated carbocycles. The molecule has 0 bridgehead atoms. The van der Waals surface area contributed by atoms with Gasteiger partial charge in [-0.3, -0.25) is 9.36 Å². The van der Waals surface area contributed by atoms with Crippen molar-refractivity contribution in [2.45, 2.75) is 19.9 Å². The number of esters is 1. The summed E-state index contributed by atoms with van der Waals surface area (Å²) in [7, 11) is 3.08. The number of benzene rings is 2. The molecule has 198 valence electrons. The number of halogens is 1. The van der Waals surface area contributed by atoms with Gasteiger partial charge in [0.25, 0.3) is 5.56 Å². The number of rotatable bonds is 9. The van der Waals surface area contributed by atoms with Gasteiger partial charge in [0.1, 0.15) is 12.4 Å². The van der Waals surface area contributed by atoms with Gasteiger partial charge in [-0.1, -0.05) is 36.1 Å². The van der Waals surface area contributed by atoms with Gasteiger partial charge in [-0.05, 0) is 71.2 Å². The van der Waals surface area contributed by atoms with Crippen LogP contribution in [-0.4, -0.2) is 38.0 Å². The Kier molecular flexibility index (Phi) is 8.53. The Bertz CT molecular complexity index is 1600. The number of hydrogen-bond donors (Lipinski definition) is 0. The predicted molar refractivity (Wildman–Crippen MR) is 150 cm³/mol. The monoisotopic (exact) mass is 598 g/mol. The Morgan fingerprint density at radius 1 is 1.16 bits per heavy atom. The third-order valence-electron chi connectivity index (χ3n) is 5.85. The van der Waals surface area contributed by atoms with E-state index in [1.165, 1.54) is 23.0 Å². The number of ether oxygens (including phenoxy) is 4. The molecule has 0 amide bonds. The van der Waals surface area contributed by atoms with Crippen LogP contribution in [0.5, 0.6) is 17.2 Å². The summed E-state index contributed by atoms with van der Waals surface area (Å²) in [5.74, 6) is 1.16. The minimum atomic E-state index is -0.756. The lowest BCUT2D eigenvalue weighted by atomic mass is 9.95. The van der Waals surface area contributed by atoms with E-state index in [1.807, 2.05) is 18.2 Å². The molecule has 0 N–H and O–H groups in total. The first-order valence-electron chi connectivity index (χ1n) is 11.8. The van der Waals surface area contributed by atoms with Crippen molar-refractivity contribution in [3.8, 4) is 17.2 Å². The maximum Gasteiger partial charge on any atom is 0.338 e. The first kappa shape index (κ1) is 27.4. The quantitative estimate of drug-likeness (QED) is 0.272. The fourth-order valence-corrected chi connectivity index (χ4v) is 5.71. The first-order chi connectivity index (χ1) is 18.3. The van der Waals surface area contributed by atoms with E-state index in [0.29, 0.717) is 50.0 Å². The molecule has 1 aliphatic rings. The summed E-state index contributed by atoms with van der Waals surface area (Å²) in [6.45, 7) is 7.72. The molecule has 0 saturated heterocycles. The molecule has 0 fully saturated rings. The molecular formula is C28H27BrN2O6S. The van der Waals surface area contributed by atoms with E-state index >= 15 is 0 Å². The lowest BCUT2D eigenvalue weighted by Gasteiger charge is -2.25. The van der Waals surface area contributed by atoms with Crippen LogP contribution in [0.1, 0.15) is 31.0 Å². The van der Waals surface area contributed by atoms with Crippen molar-refractivity contribution in [2.75, 3.05) is 27.4 Å². The molecule has 38 heavy (non-hydrogen) atoms. The molecule has 0 unspecified atom stereocenters. The second kappa shape index (κ2) is 11.8. The van der Waals surface area contributed by atoms with Gasteiger partial charge in [0.05, 0.1) is 47.1 Å². The molecule has 4 rings (SSSR count). The molecule has 1 aliphatic heterocycles. The number of aromatic nitrogens is 1. The van der Waals surface area contributed by atoms with Gasteiger partial charge < -0.3 is 18.9 Å². The Morgan fingerprint density at radius 2 is 1.89 bits per heavy atom. The summed E-state index contributed by atoms with van der Waals surface area (Å²) in [4.78, 5) is 32.0. The predicted octanol–water partition coefficient (Wildman–Crippen LogP) is 4.14. The zero-order chi connectivity index (χ0) is 27.4. The van der Waals surface area contributed by atoms with Crippen LogP contribution >= 0.6 is 27.3 Å². The van der Waals surface area contributed by atoms with Crippen LogP contribution in [0.15, 0.2) is 74.6 Å². The zero-order valence-electron chi connectivity index (χ0n) is 21.4. The van der Waals surface area contributed by atoms with Crippen molar-refractivity contribution in [2.24, 2.45) is 4.99 Å². The highest BCUT2D eigenvalue weighted by molar-refractivity contribution is 9.10. The van der Waals surface area contributed by atoms with Gasteiger partial charge in [-0.25, -0.2) is 9.79 Å². The molecule has 1 atom stereocenters. The van der Waals surface area contributed by atoms with Crippen molar-refractivity contribution >= 4 is 39.3 Å². The van der Waals surface area contributed by atoms with E-state index in [0.717, 1.165) is 10.0 Å². The minimum Gasteiger partial charge on any atom is -0.493 e. The van der Waals surface area contributed by atoms with E-state index < -0.39 is 12.0 Å². The van der Waals surface area contributed by atoms with Gasteiger partial charge in [-0.15, -0.1) is 0 Å². The number of nitrogens with zero attached hydrogens (tertiary/aromatic N) is 2. The van der Waals surface area contributed by atoms with Crippen molar-refractivity contribution in [1.82, 2.24) is 4.57 Å². The highest BCUT2D eigenvalue weighted by Crippen LogP contribution is 2.36. The Labute approximate surface area is 232 Å². The summed E-state index contributed by atoms with van der Waals surface area (Å²) < 4.78 is 24.6. The fraction of sp³-hybridized carbons (Fsp3) is 0.250. The van der Waals surface area contributed by atoms with E-state index in [2.05, 4.69) is 27.5 Å². The number of allylic oxidation sites excluding steroid dienone is 1. The normalized spacial score (nSPS) is 15.0. The summed E-state index contributed by atoms with van der Waals surface area (Å²) >= 11 is 4.77. The molecule has 8 nitrogen and oxygen atoms in total. The van der Waals surface area contributed by atoms with Gasteiger partial charge in [0.2, 0.25) is 0 Å². The summed E-state index contributed by atoms with van der Waals surface area (Å²) in [6, 6.07) is 10.1. The summed E-state index contributed by atoms with van der Waals surface area (Å²) in [5, 5.41) is 0. The highest BCUT2D eigenvalue weighted by Gasteiger charge is 2.33. The van der Waals surface area contributed by atoms with Gasteiger partial charge in [0.15, 0.2) is 16.3 Å². The number of hydrogen-bond acceptors (Lipinski definition) is 8. The molecule has 0 aliphatic carbocycles. The van der Waals surface area contributed by atoms with Crippen molar-refractivity contribution in [3.63, 3.8) is 0 Å². The van der Waals surface area contributed by atoms with Crippen LogP contribution in [-0.2, 0) is 9.53 Å². The standard InChI is InChI=1S/C28H27BrN2O6S/c1-6-12-37-20-10-8-17(13-19(20)29)14-23-26(32)31-25(18-9-11-21(34-4)22(15-18)35-5)24(27(33)36-7-2)16(3)30-28(31)38-23/h6,8-11,13-15,25H,1,7,12H2,2-5H3/b23-14+/t25-/m1/s1. The number of methoxy groups -OCH3 is 2. The molecule has 10 heteroatoms. The Hall–Kier alpha value is -3.63. The molecule has 3 aromatic rings. The molecule has 2 heterocycles. The van der Waals surface area contributed by atoms with E-state index in [1.54, 1.807) is 51.3 Å². The average molecular weight is 600 g/mol. The van der Waals surface area contributed by atoms with E-state index in [-0.39, 0.29) is 12.2 Å². The lowest BCUT2D eigenvalue weighted by molar-refractivity contribution is -0.139. The molecular weight excluding hydrogens is 572 g/mol. The van der Waals surface area contributed by atoms with Gasteiger partial charge in [0, 0.05) is 0 Å². The van der Waals surface area contributed by atoms with Crippen LogP contribution in [0, 0.1) is 0 Å². The van der Waals surface area contributed by atoms with Crippen molar-refractivity contribution in [1.29, 1.82) is 0 Å². The van der Waals surface area contributed by atoms with Crippen molar-refractivity contribution < 1.29 is 23.7 Å². The van der Waals surface area contributed by atoms with Crippen LogP contribution in [0.3, 0.4) is 0 Å². The van der Waals surface area contributed by atoms with E-state index in [9.17, 15) is 9.59 Å². The topological polar surface area (TPSA) is 88.3 Å². The Balaban J connectivity index is 1.90. The maximum absolute atomic E-state index is 13.8. The first-order valence-corrected chi connectivity index (χ1v) is 13.4. The number of fused-ring (bicyclic) bond motifs is 1.